The molecule has 1 aromatic rings. The number of esters is 1. The molecule has 2 rings (SSSR count). The van der Waals surface area contributed by atoms with Crippen molar-refractivity contribution in [1.29, 1.82) is 0 Å². The second kappa shape index (κ2) is 5.49. The van der Waals surface area contributed by atoms with Gasteiger partial charge in [-0.15, -0.1) is 0 Å². The molecule has 1 aromatic carbocycles. The van der Waals surface area contributed by atoms with Crippen molar-refractivity contribution < 1.29 is 22.3 Å². The standard InChI is InChI=1S/C13H16FNO4S/c1-9-3-4-11(14)7-12(9)20(17,18)15-6-5-10(8-15)13(16)19-2/h3-4,7,10H,5-6,8H2,1-2H3. The number of aryl methyl sites for hydroxylation is 1. The van der Waals surface area contributed by atoms with Crippen LogP contribution in [-0.4, -0.2) is 38.9 Å². The first kappa shape index (κ1) is 14.9. The summed E-state index contributed by atoms with van der Waals surface area (Å²) in [6.07, 6.45) is 0.417. The van der Waals surface area contributed by atoms with Crippen LogP contribution < -0.4 is 0 Å². The molecule has 20 heavy (non-hydrogen) atoms. The maximum Gasteiger partial charge on any atom is 0.310 e. The van der Waals surface area contributed by atoms with Crippen molar-refractivity contribution in [3.63, 3.8) is 0 Å². The van der Waals surface area contributed by atoms with Crippen molar-refractivity contribution in [1.82, 2.24) is 4.31 Å². The number of methoxy groups -OCH3 is 1. The van der Waals surface area contributed by atoms with Gasteiger partial charge in [0.1, 0.15) is 5.82 Å². The summed E-state index contributed by atoms with van der Waals surface area (Å²) >= 11 is 0. The SMILES string of the molecule is COC(=O)C1CCN(S(=O)(=O)c2cc(F)ccc2C)C1. The average molecular weight is 301 g/mol. The highest BCUT2D eigenvalue weighted by Crippen LogP contribution is 2.27. The van der Waals surface area contributed by atoms with Crippen LogP contribution in [0, 0.1) is 18.7 Å². The second-order valence-corrected chi connectivity index (χ2v) is 6.69. The summed E-state index contributed by atoms with van der Waals surface area (Å²) in [6, 6.07) is 3.65. The van der Waals surface area contributed by atoms with Crippen LogP contribution in [0.15, 0.2) is 23.1 Å². The Morgan fingerprint density at radius 3 is 2.80 bits per heavy atom. The van der Waals surface area contributed by atoms with Crippen LogP contribution in [0.2, 0.25) is 0 Å². The summed E-state index contributed by atoms with van der Waals surface area (Å²) < 4.78 is 44.0. The van der Waals surface area contributed by atoms with Crippen molar-refractivity contribution in [2.24, 2.45) is 5.92 Å². The second-order valence-electron chi connectivity index (χ2n) is 4.78. The monoisotopic (exact) mass is 301 g/mol. The van der Waals surface area contributed by atoms with Gasteiger partial charge in [0.15, 0.2) is 0 Å². The fourth-order valence-electron chi connectivity index (χ4n) is 2.30. The summed E-state index contributed by atoms with van der Waals surface area (Å²) in [5.41, 5.74) is 0.480. The number of halogens is 1. The molecule has 110 valence electrons. The van der Waals surface area contributed by atoms with Crippen LogP contribution in [0.3, 0.4) is 0 Å². The molecule has 0 amide bonds. The Kier molecular flexibility index (Phi) is 4.10. The van der Waals surface area contributed by atoms with E-state index in [1.807, 2.05) is 0 Å². The topological polar surface area (TPSA) is 63.7 Å². The molecule has 1 aliphatic rings. The Morgan fingerprint density at radius 2 is 2.15 bits per heavy atom. The van der Waals surface area contributed by atoms with E-state index in [-0.39, 0.29) is 18.0 Å². The van der Waals surface area contributed by atoms with Gasteiger partial charge in [0.2, 0.25) is 10.0 Å². The first-order valence-corrected chi connectivity index (χ1v) is 7.64. The van der Waals surface area contributed by atoms with Gasteiger partial charge in [0.05, 0.1) is 17.9 Å². The predicted octanol–water partition coefficient (Wildman–Crippen LogP) is 1.32. The van der Waals surface area contributed by atoms with E-state index in [0.29, 0.717) is 12.0 Å². The van der Waals surface area contributed by atoms with E-state index in [1.165, 1.54) is 23.5 Å². The van der Waals surface area contributed by atoms with E-state index in [2.05, 4.69) is 4.74 Å². The lowest BCUT2D eigenvalue weighted by atomic mass is 10.1. The molecule has 1 aliphatic heterocycles. The van der Waals surface area contributed by atoms with Crippen molar-refractivity contribution in [2.45, 2.75) is 18.2 Å². The molecule has 0 radical (unpaired) electrons. The average Bonchev–Trinajstić information content (AvgIpc) is 2.91. The summed E-state index contributed by atoms with van der Waals surface area (Å²) in [6.45, 7) is 1.92. The zero-order valence-corrected chi connectivity index (χ0v) is 12.1. The molecule has 7 heteroatoms. The van der Waals surface area contributed by atoms with Gasteiger partial charge in [-0.25, -0.2) is 12.8 Å². The van der Waals surface area contributed by atoms with Crippen LogP contribution in [0.1, 0.15) is 12.0 Å². The smallest absolute Gasteiger partial charge is 0.310 e. The Morgan fingerprint density at radius 1 is 1.45 bits per heavy atom. The lowest BCUT2D eigenvalue weighted by Gasteiger charge is -2.17. The number of carbonyl (C=O) groups excluding carboxylic acids is 1. The number of benzene rings is 1. The van der Waals surface area contributed by atoms with Gasteiger partial charge in [-0.2, -0.15) is 4.31 Å². The van der Waals surface area contributed by atoms with Gasteiger partial charge in [0, 0.05) is 13.1 Å². The minimum Gasteiger partial charge on any atom is -0.469 e. The van der Waals surface area contributed by atoms with Gasteiger partial charge in [-0.3, -0.25) is 4.79 Å². The van der Waals surface area contributed by atoms with Crippen molar-refractivity contribution >= 4 is 16.0 Å². The zero-order chi connectivity index (χ0) is 14.9. The highest BCUT2D eigenvalue weighted by atomic mass is 32.2. The Hall–Kier alpha value is -1.47. The molecule has 0 bridgehead atoms. The van der Waals surface area contributed by atoms with E-state index in [4.69, 9.17) is 0 Å². The van der Waals surface area contributed by atoms with E-state index in [0.717, 1.165) is 6.07 Å². The van der Waals surface area contributed by atoms with E-state index >= 15 is 0 Å². The molecule has 0 spiro atoms. The lowest BCUT2D eigenvalue weighted by molar-refractivity contribution is -0.144. The number of nitrogens with zero attached hydrogens (tertiary/aromatic N) is 1. The number of sulfonamides is 1. The van der Waals surface area contributed by atoms with Gasteiger partial charge < -0.3 is 4.74 Å². The molecule has 0 aromatic heterocycles. The minimum absolute atomic E-state index is 0.0528. The van der Waals surface area contributed by atoms with E-state index in [9.17, 15) is 17.6 Å². The molecule has 1 unspecified atom stereocenters. The molecular formula is C13H16FNO4S. The van der Waals surface area contributed by atoms with Crippen LogP contribution in [-0.2, 0) is 19.6 Å². The molecule has 5 nitrogen and oxygen atoms in total. The number of ether oxygens (including phenoxy) is 1. The molecule has 1 atom stereocenters. The van der Waals surface area contributed by atoms with Crippen LogP contribution in [0.5, 0.6) is 0 Å². The zero-order valence-electron chi connectivity index (χ0n) is 11.3. The number of hydrogen-bond donors (Lipinski definition) is 0. The van der Waals surface area contributed by atoms with E-state index in [1.54, 1.807) is 6.92 Å². The Balaban J connectivity index is 2.28. The molecule has 0 N–H and O–H groups in total. The fourth-order valence-corrected chi connectivity index (χ4v) is 4.03. The highest BCUT2D eigenvalue weighted by molar-refractivity contribution is 7.89. The van der Waals surface area contributed by atoms with E-state index < -0.39 is 27.7 Å². The highest BCUT2D eigenvalue weighted by Gasteiger charge is 2.37. The molecular weight excluding hydrogens is 285 g/mol. The van der Waals surface area contributed by atoms with Gasteiger partial charge >= 0.3 is 5.97 Å². The number of rotatable bonds is 3. The third kappa shape index (κ3) is 2.69. The Bertz CT molecular complexity index is 629. The summed E-state index contributed by atoms with van der Waals surface area (Å²) in [5, 5.41) is 0. The molecule has 1 heterocycles. The van der Waals surface area contributed by atoms with Crippen molar-refractivity contribution in [3.05, 3.63) is 29.6 Å². The molecule has 1 saturated heterocycles. The van der Waals surface area contributed by atoms with Gasteiger partial charge in [-0.05, 0) is 31.0 Å². The van der Waals surface area contributed by atoms with Gasteiger partial charge in [-0.1, -0.05) is 6.07 Å². The first-order chi connectivity index (χ1) is 9.36. The first-order valence-electron chi connectivity index (χ1n) is 6.20. The number of hydrogen-bond acceptors (Lipinski definition) is 4. The van der Waals surface area contributed by atoms with Crippen LogP contribution in [0.25, 0.3) is 0 Å². The van der Waals surface area contributed by atoms with Gasteiger partial charge in [0.25, 0.3) is 0 Å². The largest absolute Gasteiger partial charge is 0.469 e. The normalized spacial score (nSPS) is 20.1. The summed E-state index contributed by atoms with van der Waals surface area (Å²) in [4.78, 5) is 11.4. The third-order valence-electron chi connectivity index (χ3n) is 3.45. The molecule has 1 fully saturated rings. The predicted molar refractivity (Wildman–Crippen MR) is 70.0 cm³/mol. The number of carbonyl (C=O) groups is 1. The summed E-state index contributed by atoms with van der Waals surface area (Å²) in [5.74, 6) is -1.47. The fraction of sp³-hybridized carbons (Fsp3) is 0.462. The third-order valence-corrected chi connectivity index (χ3v) is 5.46. The van der Waals surface area contributed by atoms with Crippen molar-refractivity contribution in [3.8, 4) is 0 Å². The quantitative estimate of drug-likeness (QED) is 0.790. The summed E-state index contributed by atoms with van der Waals surface area (Å²) in [7, 11) is -2.51. The maximum atomic E-state index is 13.3. The Labute approximate surface area is 117 Å². The maximum absolute atomic E-state index is 13.3. The minimum atomic E-state index is -3.78. The van der Waals surface area contributed by atoms with Crippen LogP contribution in [0.4, 0.5) is 4.39 Å². The molecule has 0 aliphatic carbocycles. The lowest BCUT2D eigenvalue weighted by Crippen LogP contribution is -2.30. The molecule has 0 saturated carbocycles. The van der Waals surface area contributed by atoms with Crippen LogP contribution >= 0.6 is 0 Å². The van der Waals surface area contributed by atoms with Crippen molar-refractivity contribution in [2.75, 3.05) is 20.2 Å².